The van der Waals surface area contributed by atoms with Gasteiger partial charge in [0.05, 0.1) is 4.92 Å². The van der Waals surface area contributed by atoms with E-state index in [-0.39, 0.29) is 16.8 Å². The predicted molar refractivity (Wildman–Crippen MR) is 42.9 cm³/mol. The Morgan fingerprint density at radius 3 is 2.27 bits per heavy atom. The number of hydrogen-bond donors (Lipinski definition) is 1. The van der Waals surface area contributed by atoms with Gasteiger partial charge in [0.1, 0.15) is 0 Å². The first kappa shape index (κ1) is 9.58. The molecule has 0 aromatic heterocycles. The molecule has 0 saturated carbocycles. The number of nitro groups is 1. The van der Waals surface area contributed by atoms with E-state index < -0.39 is 0 Å². The molecule has 0 fully saturated rings. The summed E-state index contributed by atoms with van der Waals surface area (Å²) in [6, 6.07) is 6.65. The monoisotopic (exact) mass is 154 g/mol. The van der Waals surface area contributed by atoms with Crippen LogP contribution in [0.15, 0.2) is 24.3 Å². The summed E-state index contributed by atoms with van der Waals surface area (Å²) in [6.45, 7) is 1.72. The molecule has 0 aliphatic heterocycles. The molecule has 0 saturated heterocycles. The van der Waals surface area contributed by atoms with Crippen LogP contribution >= 0.6 is 0 Å². The van der Waals surface area contributed by atoms with E-state index in [2.05, 4.69) is 0 Å². The van der Waals surface area contributed by atoms with E-state index in [0.29, 0.717) is 5.56 Å². The first-order chi connectivity index (χ1) is 4.72. The zero-order chi connectivity index (χ0) is 7.56. The van der Waals surface area contributed by atoms with Crippen LogP contribution in [0.4, 0.5) is 5.69 Å². The van der Waals surface area contributed by atoms with Crippen LogP contribution in [-0.2, 0) is 0 Å². The Labute approximate surface area is 64.6 Å². The standard InChI is InChI=1S/C7H7NO2.H3N/c1-6-4-2-3-5-7(6)8(9)10;/h2-5H,1H3;1H3. The molecule has 0 radical (unpaired) electrons. The summed E-state index contributed by atoms with van der Waals surface area (Å²) < 4.78 is 0. The van der Waals surface area contributed by atoms with Crippen molar-refractivity contribution in [2.45, 2.75) is 6.92 Å². The van der Waals surface area contributed by atoms with Gasteiger partial charge in [-0.25, -0.2) is 0 Å². The number of rotatable bonds is 1. The van der Waals surface area contributed by atoms with E-state index in [1.165, 1.54) is 6.07 Å². The highest BCUT2D eigenvalue weighted by atomic mass is 16.6. The molecule has 60 valence electrons. The maximum Gasteiger partial charge on any atom is 0.272 e. The van der Waals surface area contributed by atoms with Crippen molar-refractivity contribution in [1.82, 2.24) is 6.15 Å². The van der Waals surface area contributed by atoms with Crippen LogP contribution in [0.2, 0.25) is 0 Å². The third-order valence-corrected chi connectivity index (χ3v) is 1.31. The molecule has 4 heteroatoms. The number of nitro benzene ring substituents is 1. The predicted octanol–water partition coefficient (Wildman–Crippen LogP) is 2.07. The van der Waals surface area contributed by atoms with Crippen LogP contribution in [0.3, 0.4) is 0 Å². The van der Waals surface area contributed by atoms with Crippen LogP contribution in [0.1, 0.15) is 5.56 Å². The van der Waals surface area contributed by atoms with Crippen molar-refractivity contribution < 1.29 is 4.92 Å². The lowest BCUT2D eigenvalue weighted by Gasteiger charge is -1.92. The summed E-state index contributed by atoms with van der Waals surface area (Å²) in [5.74, 6) is 0. The van der Waals surface area contributed by atoms with E-state index in [1.54, 1.807) is 25.1 Å². The van der Waals surface area contributed by atoms with Crippen LogP contribution in [-0.4, -0.2) is 4.92 Å². The molecule has 0 heterocycles. The summed E-state index contributed by atoms with van der Waals surface area (Å²) in [7, 11) is 0. The molecular formula is C7H10N2O2. The molecule has 0 unspecified atom stereocenters. The van der Waals surface area contributed by atoms with Crippen molar-refractivity contribution >= 4 is 5.69 Å². The van der Waals surface area contributed by atoms with Gasteiger partial charge < -0.3 is 6.15 Å². The summed E-state index contributed by atoms with van der Waals surface area (Å²) in [5, 5.41) is 10.2. The van der Waals surface area contributed by atoms with Crippen LogP contribution in [0.5, 0.6) is 0 Å². The lowest BCUT2D eigenvalue weighted by molar-refractivity contribution is -0.385. The molecule has 0 atom stereocenters. The Balaban J connectivity index is 0.000001000. The van der Waals surface area contributed by atoms with Crippen molar-refractivity contribution in [3.8, 4) is 0 Å². The minimum atomic E-state index is -0.380. The summed E-state index contributed by atoms with van der Waals surface area (Å²) in [5.41, 5.74) is 0.884. The molecular weight excluding hydrogens is 144 g/mol. The molecule has 3 N–H and O–H groups in total. The van der Waals surface area contributed by atoms with Crippen LogP contribution in [0.25, 0.3) is 0 Å². The Morgan fingerprint density at radius 2 is 1.91 bits per heavy atom. The molecule has 0 bridgehead atoms. The molecule has 1 aromatic carbocycles. The Hall–Kier alpha value is -1.42. The van der Waals surface area contributed by atoms with Crippen LogP contribution in [0, 0.1) is 17.0 Å². The second-order valence-corrected chi connectivity index (χ2v) is 2.04. The minimum absolute atomic E-state index is 0. The fourth-order valence-electron chi connectivity index (χ4n) is 0.768. The second-order valence-electron chi connectivity index (χ2n) is 2.04. The zero-order valence-electron chi connectivity index (χ0n) is 6.28. The van der Waals surface area contributed by atoms with Crippen molar-refractivity contribution in [3.63, 3.8) is 0 Å². The van der Waals surface area contributed by atoms with E-state index in [1.807, 2.05) is 0 Å². The van der Waals surface area contributed by atoms with Gasteiger partial charge in [-0.3, -0.25) is 10.1 Å². The van der Waals surface area contributed by atoms with Gasteiger partial charge in [0.2, 0.25) is 0 Å². The average Bonchev–Trinajstić information content (AvgIpc) is 1.88. The van der Waals surface area contributed by atoms with Gasteiger partial charge in [-0.15, -0.1) is 0 Å². The van der Waals surface area contributed by atoms with E-state index in [0.717, 1.165) is 0 Å². The fourth-order valence-corrected chi connectivity index (χ4v) is 0.768. The van der Waals surface area contributed by atoms with E-state index in [9.17, 15) is 10.1 Å². The molecule has 0 aliphatic rings. The number of nitrogens with zero attached hydrogens (tertiary/aromatic N) is 1. The molecule has 0 spiro atoms. The van der Waals surface area contributed by atoms with E-state index >= 15 is 0 Å². The Kier molecular flexibility index (Phi) is 3.20. The van der Waals surface area contributed by atoms with Crippen molar-refractivity contribution in [1.29, 1.82) is 0 Å². The average molecular weight is 154 g/mol. The number of benzene rings is 1. The van der Waals surface area contributed by atoms with Crippen molar-refractivity contribution in [3.05, 3.63) is 39.9 Å². The number of para-hydroxylation sites is 1. The quantitative estimate of drug-likeness (QED) is 0.496. The largest absolute Gasteiger partial charge is 0.344 e. The molecule has 1 rings (SSSR count). The third kappa shape index (κ3) is 2.01. The zero-order valence-corrected chi connectivity index (χ0v) is 6.28. The maximum atomic E-state index is 10.2. The lowest BCUT2D eigenvalue weighted by atomic mass is 10.2. The third-order valence-electron chi connectivity index (χ3n) is 1.31. The highest BCUT2D eigenvalue weighted by Gasteiger charge is 2.05. The van der Waals surface area contributed by atoms with Gasteiger partial charge in [-0.1, -0.05) is 18.2 Å². The summed E-state index contributed by atoms with van der Waals surface area (Å²) in [6.07, 6.45) is 0. The summed E-state index contributed by atoms with van der Waals surface area (Å²) >= 11 is 0. The van der Waals surface area contributed by atoms with Gasteiger partial charge >= 0.3 is 0 Å². The SMILES string of the molecule is Cc1ccccc1[N+](=O)[O-].N. The molecule has 4 nitrogen and oxygen atoms in total. The molecule has 1 aromatic rings. The lowest BCUT2D eigenvalue weighted by Crippen LogP contribution is -1.89. The second kappa shape index (κ2) is 3.68. The van der Waals surface area contributed by atoms with Gasteiger partial charge in [0.15, 0.2) is 0 Å². The molecule has 0 aliphatic carbocycles. The molecule has 11 heavy (non-hydrogen) atoms. The topological polar surface area (TPSA) is 78.1 Å². The van der Waals surface area contributed by atoms with Gasteiger partial charge in [-0.05, 0) is 6.92 Å². The minimum Gasteiger partial charge on any atom is -0.344 e. The van der Waals surface area contributed by atoms with Gasteiger partial charge in [0.25, 0.3) is 5.69 Å². The summed E-state index contributed by atoms with van der Waals surface area (Å²) in [4.78, 5) is 9.85. The van der Waals surface area contributed by atoms with Crippen molar-refractivity contribution in [2.75, 3.05) is 0 Å². The maximum absolute atomic E-state index is 10.2. The van der Waals surface area contributed by atoms with Gasteiger partial charge in [-0.2, -0.15) is 0 Å². The van der Waals surface area contributed by atoms with Crippen molar-refractivity contribution in [2.24, 2.45) is 0 Å². The smallest absolute Gasteiger partial charge is 0.272 e. The Bertz CT molecular complexity index is 260. The van der Waals surface area contributed by atoms with E-state index in [4.69, 9.17) is 0 Å². The molecule has 0 amide bonds. The normalized spacial score (nSPS) is 8.45. The Morgan fingerprint density at radius 1 is 1.36 bits per heavy atom. The van der Waals surface area contributed by atoms with Crippen LogP contribution < -0.4 is 6.15 Å². The van der Waals surface area contributed by atoms with Gasteiger partial charge in [0, 0.05) is 11.6 Å². The first-order valence-corrected chi connectivity index (χ1v) is 2.92. The fraction of sp³-hybridized carbons (Fsp3) is 0.143. The highest BCUT2D eigenvalue weighted by Crippen LogP contribution is 2.14. The number of hydrogen-bond acceptors (Lipinski definition) is 3. The number of aryl methyl sites for hydroxylation is 1. The highest BCUT2D eigenvalue weighted by molar-refractivity contribution is 5.38. The first-order valence-electron chi connectivity index (χ1n) is 2.92.